The molecule has 1 heterocycles. The molecule has 0 amide bonds. The highest BCUT2D eigenvalue weighted by Gasteiger charge is 2.24. The van der Waals surface area contributed by atoms with Gasteiger partial charge in [0, 0.05) is 5.41 Å². The fraction of sp³-hybridized carbons (Fsp3) is 0.778. The fourth-order valence-electron chi connectivity index (χ4n) is 0.910. The Morgan fingerprint density at radius 2 is 2.00 bits per heavy atom. The first-order valence-electron chi connectivity index (χ1n) is 4.60. The van der Waals surface area contributed by atoms with Gasteiger partial charge in [0.05, 0.1) is 6.42 Å². The Morgan fingerprint density at radius 3 is 2.40 bits per heavy atom. The Bertz CT molecular complexity index is 320. The van der Waals surface area contributed by atoms with Crippen LogP contribution in [0.5, 0.6) is 0 Å². The highest BCUT2D eigenvalue weighted by Crippen LogP contribution is 2.19. The van der Waals surface area contributed by atoms with Gasteiger partial charge in [-0.05, 0) is 0 Å². The number of aliphatic hydroxyl groups is 1. The molecule has 15 heavy (non-hydrogen) atoms. The van der Waals surface area contributed by atoms with Crippen molar-refractivity contribution in [2.24, 2.45) is 0 Å². The van der Waals surface area contributed by atoms with Crippen LogP contribution in [0.15, 0.2) is 4.52 Å². The number of rotatable bonds is 3. The lowest BCUT2D eigenvalue weighted by Gasteiger charge is -2.11. The lowest BCUT2D eigenvalue weighted by atomic mass is 9.96. The maximum Gasteiger partial charge on any atom is 0.264 e. The molecule has 0 saturated heterocycles. The first-order chi connectivity index (χ1) is 6.80. The van der Waals surface area contributed by atoms with Crippen molar-refractivity contribution in [2.45, 2.75) is 45.1 Å². The van der Waals surface area contributed by atoms with Crippen LogP contribution in [-0.2, 0) is 11.8 Å². The van der Waals surface area contributed by atoms with Gasteiger partial charge in [0.15, 0.2) is 5.82 Å². The van der Waals surface area contributed by atoms with Gasteiger partial charge >= 0.3 is 0 Å². The first-order valence-corrected chi connectivity index (χ1v) is 4.60. The number of nitrogens with zero attached hydrogens (tertiary/aromatic N) is 2. The van der Waals surface area contributed by atoms with Crippen molar-refractivity contribution in [1.29, 1.82) is 0 Å². The van der Waals surface area contributed by atoms with Crippen LogP contribution in [0.25, 0.3) is 0 Å². The normalized spacial score (nSPS) is 14.6. The van der Waals surface area contributed by atoms with Gasteiger partial charge in [-0.3, -0.25) is 0 Å². The predicted octanol–water partition coefficient (Wildman–Crippen LogP) is 1.54. The highest BCUT2D eigenvalue weighted by atomic mass is 19.3. The number of aromatic nitrogens is 2. The number of aliphatic hydroxyl groups excluding tert-OH is 1. The van der Waals surface area contributed by atoms with Crippen LogP contribution in [0.2, 0.25) is 0 Å². The summed E-state index contributed by atoms with van der Waals surface area (Å²) in [5.74, 6) is 0.478. The van der Waals surface area contributed by atoms with Crippen molar-refractivity contribution in [3.8, 4) is 0 Å². The van der Waals surface area contributed by atoms with E-state index in [0.717, 1.165) is 0 Å². The summed E-state index contributed by atoms with van der Waals surface area (Å²) in [5, 5.41) is 12.6. The highest BCUT2D eigenvalue weighted by molar-refractivity contribution is 5.00. The van der Waals surface area contributed by atoms with Crippen molar-refractivity contribution in [1.82, 2.24) is 10.1 Å². The lowest BCUT2D eigenvalue weighted by molar-refractivity contribution is -0.00754. The third-order valence-corrected chi connectivity index (χ3v) is 1.81. The van der Waals surface area contributed by atoms with Crippen molar-refractivity contribution in [3.05, 3.63) is 11.7 Å². The second-order valence-corrected chi connectivity index (χ2v) is 4.37. The van der Waals surface area contributed by atoms with Crippen LogP contribution >= 0.6 is 0 Å². The standard InChI is InChI=1S/C9H14F2N2O2/c1-9(2,3)8-12-6(15-13-8)4-5(14)7(10)11/h5,7,14H,4H2,1-3H3. The maximum atomic E-state index is 12.0. The van der Waals surface area contributed by atoms with E-state index >= 15 is 0 Å². The largest absolute Gasteiger partial charge is 0.387 e. The molecule has 1 atom stereocenters. The van der Waals surface area contributed by atoms with Gasteiger partial charge < -0.3 is 9.63 Å². The topological polar surface area (TPSA) is 59.2 Å². The number of hydrogen-bond acceptors (Lipinski definition) is 4. The quantitative estimate of drug-likeness (QED) is 0.839. The molecule has 1 N–H and O–H groups in total. The summed E-state index contributed by atoms with van der Waals surface area (Å²) in [4.78, 5) is 3.93. The summed E-state index contributed by atoms with van der Waals surface area (Å²) in [6, 6.07) is 0. The summed E-state index contributed by atoms with van der Waals surface area (Å²) in [5.41, 5.74) is -0.294. The molecule has 0 bridgehead atoms. The Hall–Kier alpha value is -1.04. The van der Waals surface area contributed by atoms with Gasteiger partial charge in [-0.25, -0.2) is 8.78 Å². The first kappa shape index (κ1) is 12.0. The number of alkyl halides is 2. The molecular formula is C9H14F2N2O2. The van der Waals surface area contributed by atoms with Crippen molar-refractivity contribution in [2.75, 3.05) is 0 Å². The monoisotopic (exact) mass is 220 g/mol. The summed E-state index contributed by atoms with van der Waals surface area (Å²) in [6.07, 6.45) is -4.87. The minimum atomic E-state index is -2.80. The smallest absolute Gasteiger partial charge is 0.264 e. The zero-order chi connectivity index (χ0) is 11.6. The van der Waals surface area contributed by atoms with Crippen LogP contribution in [0.1, 0.15) is 32.5 Å². The maximum absolute atomic E-state index is 12.0. The molecule has 0 aliphatic rings. The minimum Gasteiger partial charge on any atom is -0.387 e. The minimum absolute atomic E-state index is 0.0349. The summed E-state index contributed by atoms with van der Waals surface area (Å²) in [7, 11) is 0. The van der Waals surface area contributed by atoms with E-state index in [-0.39, 0.29) is 17.7 Å². The molecule has 86 valence electrons. The molecule has 1 unspecified atom stereocenters. The zero-order valence-corrected chi connectivity index (χ0v) is 8.87. The molecule has 0 aliphatic carbocycles. The van der Waals surface area contributed by atoms with E-state index in [2.05, 4.69) is 10.1 Å². The van der Waals surface area contributed by atoms with Crippen LogP contribution < -0.4 is 0 Å². The van der Waals surface area contributed by atoms with E-state index in [1.807, 2.05) is 20.8 Å². The summed E-state index contributed by atoms with van der Waals surface area (Å²) in [6.45, 7) is 5.64. The molecule has 1 rings (SSSR count). The molecule has 0 aliphatic heterocycles. The number of halogens is 2. The average molecular weight is 220 g/mol. The van der Waals surface area contributed by atoms with Gasteiger partial charge in [-0.1, -0.05) is 25.9 Å². The van der Waals surface area contributed by atoms with Gasteiger partial charge in [0.2, 0.25) is 5.89 Å². The van der Waals surface area contributed by atoms with Gasteiger partial charge in [0.1, 0.15) is 6.10 Å². The van der Waals surface area contributed by atoms with Gasteiger partial charge in [-0.15, -0.1) is 0 Å². The second kappa shape index (κ2) is 4.22. The molecule has 1 aromatic heterocycles. The van der Waals surface area contributed by atoms with Crippen LogP contribution in [0.3, 0.4) is 0 Å². The molecule has 0 saturated carbocycles. The Morgan fingerprint density at radius 1 is 1.40 bits per heavy atom. The SMILES string of the molecule is CC(C)(C)c1noc(CC(O)C(F)F)n1. The third kappa shape index (κ3) is 3.23. The molecule has 0 aromatic carbocycles. The Kier molecular flexibility index (Phi) is 3.38. The van der Waals surface area contributed by atoms with E-state index in [1.54, 1.807) is 0 Å². The molecule has 6 heteroatoms. The van der Waals surface area contributed by atoms with Gasteiger partial charge in [0.25, 0.3) is 6.43 Å². The van der Waals surface area contributed by atoms with E-state index in [4.69, 9.17) is 9.63 Å². The molecule has 1 aromatic rings. The summed E-state index contributed by atoms with van der Waals surface area (Å²) < 4.78 is 28.8. The summed E-state index contributed by atoms with van der Waals surface area (Å²) >= 11 is 0. The van der Waals surface area contributed by atoms with E-state index in [9.17, 15) is 8.78 Å². The predicted molar refractivity (Wildman–Crippen MR) is 48.7 cm³/mol. The molecule has 0 radical (unpaired) electrons. The van der Waals surface area contributed by atoms with E-state index in [0.29, 0.717) is 5.82 Å². The van der Waals surface area contributed by atoms with Crippen molar-refractivity contribution < 1.29 is 18.4 Å². The van der Waals surface area contributed by atoms with Gasteiger partial charge in [-0.2, -0.15) is 4.98 Å². The van der Waals surface area contributed by atoms with Crippen LogP contribution in [-0.4, -0.2) is 27.8 Å². The van der Waals surface area contributed by atoms with E-state index in [1.165, 1.54) is 0 Å². The Balaban J connectivity index is 2.69. The molecule has 4 nitrogen and oxygen atoms in total. The Labute approximate surface area is 86.3 Å². The second-order valence-electron chi connectivity index (χ2n) is 4.37. The third-order valence-electron chi connectivity index (χ3n) is 1.81. The van der Waals surface area contributed by atoms with E-state index < -0.39 is 12.5 Å². The van der Waals surface area contributed by atoms with Crippen LogP contribution in [0, 0.1) is 0 Å². The molecular weight excluding hydrogens is 206 g/mol. The molecule has 0 fully saturated rings. The molecule has 0 spiro atoms. The van der Waals surface area contributed by atoms with Crippen molar-refractivity contribution in [3.63, 3.8) is 0 Å². The lowest BCUT2D eigenvalue weighted by Crippen LogP contribution is -2.20. The fourth-order valence-corrected chi connectivity index (χ4v) is 0.910. The number of hydrogen-bond donors (Lipinski definition) is 1. The zero-order valence-electron chi connectivity index (χ0n) is 8.87. The average Bonchev–Trinajstić information content (AvgIpc) is 2.51. The van der Waals surface area contributed by atoms with Crippen LogP contribution in [0.4, 0.5) is 8.78 Å². The van der Waals surface area contributed by atoms with Crippen molar-refractivity contribution >= 4 is 0 Å².